The second kappa shape index (κ2) is 3.56. The molecule has 2 saturated carbocycles. The van der Waals surface area contributed by atoms with Crippen molar-refractivity contribution in [3.8, 4) is 0 Å². The third kappa shape index (κ3) is 1.67. The van der Waals surface area contributed by atoms with Crippen LogP contribution >= 0.6 is 0 Å². The minimum absolute atomic E-state index is 0.0165. The molecule has 0 aromatic rings. The van der Waals surface area contributed by atoms with Gasteiger partial charge in [-0.25, -0.2) is 0 Å². The van der Waals surface area contributed by atoms with E-state index in [1.54, 1.807) is 0 Å². The molecule has 80 valence electrons. The largest absolute Gasteiger partial charge is 0.353 e. The molecule has 0 bridgehead atoms. The molecule has 0 aromatic carbocycles. The SMILES string of the molecule is CC(C)C1(C(=O)NC2CCCC2)CC1. The Morgan fingerprint density at radius 1 is 1.29 bits per heavy atom. The van der Waals surface area contributed by atoms with E-state index in [9.17, 15) is 4.79 Å². The van der Waals surface area contributed by atoms with Crippen LogP contribution in [0.2, 0.25) is 0 Å². The van der Waals surface area contributed by atoms with E-state index in [-0.39, 0.29) is 5.41 Å². The molecule has 0 spiro atoms. The van der Waals surface area contributed by atoms with Gasteiger partial charge in [0.15, 0.2) is 0 Å². The van der Waals surface area contributed by atoms with E-state index in [1.807, 2.05) is 0 Å². The molecule has 2 heteroatoms. The zero-order valence-corrected chi connectivity index (χ0v) is 9.31. The molecule has 2 aliphatic rings. The number of rotatable bonds is 3. The van der Waals surface area contributed by atoms with E-state index in [0.29, 0.717) is 17.9 Å². The summed E-state index contributed by atoms with van der Waals surface area (Å²) in [5.74, 6) is 0.836. The van der Waals surface area contributed by atoms with Crippen molar-refractivity contribution in [1.29, 1.82) is 0 Å². The number of carbonyl (C=O) groups is 1. The van der Waals surface area contributed by atoms with E-state index >= 15 is 0 Å². The summed E-state index contributed by atoms with van der Waals surface area (Å²) in [6.07, 6.45) is 7.17. The van der Waals surface area contributed by atoms with Crippen molar-refractivity contribution in [3.63, 3.8) is 0 Å². The van der Waals surface area contributed by atoms with Crippen molar-refractivity contribution >= 4 is 5.91 Å². The third-order valence-corrected chi connectivity index (χ3v) is 4.04. The number of amides is 1. The standard InChI is InChI=1S/C12H21NO/c1-9(2)12(7-8-12)11(14)13-10-5-3-4-6-10/h9-10H,3-8H2,1-2H3,(H,13,14). The number of nitrogens with one attached hydrogen (secondary N) is 1. The Hall–Kier alpha value is -0.530. The molecule has 2 rings (SSSR count). The van der Waals surface area contributed by atoms with Gasteiger partial charge in [-0.05, 0) is 31.6 Å². The summed E-state index contributed by atoms with van der Waals surface area (Å²) in [4.78, 5) is 12.0. The van der Waals surface area contributed by atoms with Gasteiger partial charge in [0.25, 0.3) is 0 Å². The summed E-state index contributed by atoms with van der Waals surface area (Å²) in [5, 5.41) is 3.22. The topological polar surface area (TPSA) is 29.1 Å². The highest BCUT2D eigenvalue weighted by molar-refractivity contribution is 5.85. The summed E-state index contributed by atoms with van der Waals surface area (Å²) in [6.45, 7) is 4.34. The van der Waals surface area contributed by atoms with Crippen molar-refractivity contribution in [3.05, 3.63) is 0 Å². The van der Waals surface area contributed by atoms with Crippen LogP contribution in [0.5, 0.6) is 0 Å². The zero-order chi connectivity index (χ0) is 10.2. The highest BCUT2D eigenvalue weighted by Gasteiger charge is 2.52. The molecule has 2 fully saturated rings. The quantitative estimate of drug-likeness (QED) is 0.736. The van der Waals surface area contributed by atoms with Crippen LogP contribution < -0.4 is 5.32 Å². The number of hydrogen-bond donors (Lipinski definition) is 1. The van der Waals surface area contributed by atoms with Crippen molar-refractivity contribution in [2.75, 3.05) is 0 Å². The minimum atomic E-state index is 0.0165. The van der Waals surface area contributed by atoms with Gasteiger partial charge in [0.05, 0.1) is 5.41 Å². The van der Waals surface area contributed by atoms with Gasteiger partial charge < -0.3 is 5.32 Å². The van der Waals surface area contributed by atoms with Gasteiger partial charge >= 0.3 is 0 Å². The fourth-order valence-corrected chi connectivity index (χ4v) is 2.60. The van der Waals surface area contributed by atoms with Crippen LogP contribution in [0.1, 0.15) is 52.4 Å². The smallest absolute Gasteiger partial charge is 0.226 e. The van der Waals surface area contributed by atoms with Crippen LogP contribution in [0.3, 0.4) is 0 Å². The Labute approximate surface area is 86.5 Å². The normalized spacial score (nSPS) is 25.4. The molecule has 0 heterocycles. The first-order valence-electron chi connectivity index (χ1n) is 5.96. The molecule has 2 aliphatic carbocycles. The lowest BCUT2D eigenvalue weighted by molar-refractivity contribution is -0.128. The first-order chi connectivity index (χ1) is 6.65. The summed E-state index contributed by atoms with van der Waals surface area (Å²) < 4.78 is 0. The summed E-state index contributed by atoms with van der Waals surface area (Å²) in [6, 6.07) is 0.485. The average Bonchev–Trinajstić information content (AvgIpc) is 2.81. The molecule has 0 radical (unpaired) electrons. The molecule has 0 saturated heterocycles. The van der Waals surface area contributed by atoms with E-state index in [2.05, 4.69) is 19.2 Å². The minimum Gasteiger partial charge on any atom is -0.353 e. The van der Waals surface area contributed by atoms with Crippen LogP contribution in [0.25, 0.3) is 0 Å². The van der Waals surface area contributed by atoms with E-state index in [1.165, 1.54) is 25.7 Å². The highest BCUT2D eigenvalue weighted by atomic mass is 16.2. The van der Waals surface area contributed by atoms with Crippen molar-refractivity contribution in [2.24, 2.45) is 11.3 Å². The Balaban J connectivity index is 1.89. The van der Waals surface area contributed by atoms with Gasteiger partial charge in [-0.3, -0.25) is 4.79 Å². The lowest BCUT2D eigenvalue weighted by atomic mass is 9.91. The van der Waals surface area contributed by atoms with Crippen LogP contribution in [0.4, 0.5) is 0 Å². The Morgan fingerprint density at radius 3 is 2.29 bits per heavy atom. The maximum Gasteiger partial charge on any atom is 0.226 e. The van der Waals surface area contributed by atoms with Crippen LogP contribution in [0, 0.1) is 11.3 Å². The number of hydrogen-bond acceptors (Lipinski definition) is 1. The molecular weight excluding hydrogens is 174 g/mol. The Kier molecular flexibility index (Phi) is 2.54. The zero-order valence-electron chi connectivity index (χ0n) is 9.31. The van der Waals surface area contributed by atoms with Gasteiger partial charge in [0.2, 0.25) is 5.91 Å². The summed E-state index contributed by atoms with van der Waals surface area (Å²) >= 11 is 0. The average molecular weight is 195 g/mol. The van der Waals surface area contributed by atoms with Crippen molar-refractivity contribution in [1.82, 2.24) is 5.32 Å². The molecule has 1 N–H and O–H groups in total. The predicted molar refractivity (Wildman–Crippen MR) is 56.9 cm³/mol. The van der Waals surface area contributed by atoms with E-state index in [0.717, 1.165) is 12.8 Å². The Bertz CT molecular complexity index is 224. The number of carbonyl (C=O) groups excluding carboxylic acids is 1. The fraction of sp³-hybridized carbons (Fsp3) is 0.917. The fourth-order valence-electron chi connectivity index (χ4n) is 2.60. The molecule has 14 heavy (non-hydrogen) atoms. The maximum atomic E-state index is 12.0. The van der Waals surface area contributed by atoms with Gasteiger partial charge in [-0.15, -0.1) is 0 Å². The van der Waals surface area contributed by atoms with Crippen molar-refractivity contribution < 1.29 is 4.79 Å². The maximum absolute atomic E-state index is 12.0. The third-order valence-electron chi connectivity index (χ3n) is 4.04. The molecule has 0 unspecified atom stereocenters. The molecule has 1 amide bonds. The highest BCUT2D eigenvalue weighted by Crippen LogP contribution is 2.52. The van der Waals surface area contributed by atoms with Crippen molar-refractivity contribution in [2.45, 2.75) is 58.4 Å². The summed E-state index contributed by atoms with van der Waals surface area (Å²) in [5.41, 5.74) is 0.0165. The predicted octanol–water partition coefficient (Wildman–Crippen LogP) is 2.48. The monoisotopic (exact) mass is 195 g/mol. The second-order valence-electron chi connectivity index (χ2n) is 5.27. The second-order valence-corrected chi connectivity index (χ2v) is 5.27. The summed E-state index contributed by atoms with van der Waals surface area (Å²) in [7, 11) is 0. The Morgan fingerprint density at radius 2 is 1.86 bits per heavy atom. The molecule has 0 atom stereocenters. The molecule has 0 aliphatic heterocycles. The molecule has 2 nitrogen and oxygen atoms in total. The molecule has 0 aromatic heterocycles. The van der Waals surface area contributed by atoms with Gasteiger partial charge in [0.1, 0.15) is 0 Å². The van der Waals surface area contributed by atoms with E-state index in [4.69, 9.17) is 0 Å². The van der Waals surface area contributed by atoms with Crippen LogP contribution in [0.15, 0.2) is 0 Å². The van der Waals surface area contributed by atoms with Crippen LogP contribution in [-0.2, 0) is 4.79 Å². The molecular formula is C12H21NO. The van der Waals surface area contributed by atoms with Gasteiger partial charge in [-0.2, -0.15) is 0 Å². The first-order valence-corrected chi connectivity index (χ1v) is 5.96. The van der Waals surface area contributed by atoms with E-state index < -0.39 is 0 Å². The van der Waals surface area contributed by atoms with Crippen LogP contribution in [-0.4, -0.2) is 11.9 Å². The van der Waals surface area contributed by atoms with Gasteiger partial charge in [0, 0.05) is 6.04 Å². The lowest BCUT2D eigenvalue weighted by Crippen LogP contribution is -2.40. The lowest BCUT2D eigenvalue weighted by Gasteiger charge is -2.21. The first kappa shape index (κ1) is 10.0. The van der Waals surface area contributed by atoms with Gasteiger partial charge in [-0.1, -0.05) is 26.7 Å².